The second-order valence-electron chi connectivity index (χ2n) is 4.77. The number of aryl methyl sites for hydroxylation is 1. The van der Waals surface area contributed by atoms with Crippen molar-refractivity contribution in [1.82, 2.24) is 9.88 Å². The van der Waals surface area contributed by atoms with E-state index >= 15 is 0 Å². The number of nitrogens with one attached hydrogen (secondary N) is 1. The molecule has 0 radical (unpaired) electrons. The van der Waals surface area contributed by atoms with Gasteiger partial charge in [0.15, 0.2) is 0 Å². The Kier molecular flexibility index (Phi) is 1.98. The van der Waals surface area contributed by atoms with Gasteiger partial charge in [0.25, 0.3) is 0 Å². The molecule has 1 N–H and O–H groups in total. The average Bonchev–Trinajstić information content (AvgIpc) is 2.60. The Morgan fingerprint density at radius 2 is 2.12 bits per heavy atom. The van der Waals surface area contributed by atoms with Crippen LogP contribution >= 0.6 is 0 Å². The number of ether oxygens (including phenoxy) is 1. The monoisotopic (exact) mass is 216 g/mol. The third-order valence-corrected chi connectivity index (χ3v) is 3.24. The van der Waals surface area contributed by atoms with Gasteiger partial charge in [0.2, 0.25) is 0 Å². The molecule has 1 fully saturated rings. The summed E-state index contributed by atoms with van der Waals surface area (Å²) in [6, 6.07) is 8.32. The van der Waals surface area contributed by atoms with Crippen LogP contribution in [0, 0.1) is 0 Å². The van der Waals surface area contributed by atoms with E-state index in [0.717, 1.165) is 18.8 Å². The molecule has 1 aromatic heterocycles. The summed E-state index contributed by atoms with van der Waals surface area (Å²) in [6.45, 7) is 4.00. The first-order valence-electron chi connectivity index (χ1n) is 5.62. The van der Waals surface area contributed by atoms with Crippen LogP contribution in [0.3, 0.4) is 0 Å². The van der Waals surface area contributed by atoms with Crippen molar-refractivity contribution < 1.29 is 4.74 Å². The fraction of sp³-hybridized carbons (Fsp3) is 0.385. The normalized spacial score (nSPS) is 18.4. The van der Waals surface area contributed by atoms with Crippen molar-refractivity contribution in [3.63, 3.8) is 0 Å². The first kappa shape index (κ1) is 9.73. The van der Waals surface area contributed by atoms with E-state index in [1.165, 1.54) is 10.9 Å². The van der Waals surface area contributed by atoms with E-state index in [2.05, 4.69) is 42.2 Å². The van der Waals surface area contributed by atoms with Crippen molar-refractivity contribution >= 4 is 10.9 Å². The van der Waals surface area contributed by atoms with Gasteiger partial charge >= 0.3 is 0 Å². The van der Waals surface area contributed by atoms with Gasteiger partial charge in [0.05, 0.1) is 5.52 Å². The topological polar surface area (TPSA) is 26.2 Å². The van der Waals surface area contributed by atoms with E-state index in [1.807, 2.05) is 12.1 Å². The van der Waals surface area contributed by atoms with Crippen molar-refractivity contribution in [3.05, 3.63) is 30.5 Å². The van der Waals surface area contributed by atoms with Gasteiger partial charge in [-0.25, -0.2) is 0 Å². The molecule has 3 heteroatoms. The maximum absolute atomic E-state index is 6.09. The van der Waals surface area contributed by atoms with E-state index in [9.17, 15) is 0 Å². The summed E-state index contributed by atoms with van der Waals surface area (Å²) in [5.74, 6) is 0.988. The highest BCUT2D eigenvalue weighted by molar-refractivity contribution is 5.86. The fourth-order valence-corrected chi connectivity index (χ4v) is 2.18. The van der Waals surface area contributed by atoms with E-state index in [1.54, 1.807) is 0 Å². The Morgan fingerprint density at radius 1 is 1.31 bits per heavy atom. The number of hydrogen-bond donors (Lipinski definition) is 1. The Bertz CT molecular complexity index is 526. The molecule has 1 aliphatic heterocycles. The highest BCUT2D eigenvalue weighted by Crippen LogP contribution is 2.30. The van der Waals surface area contributed by atoms with Crippen molar-refractivity contribution in [1.29, 1.82) is 0 Å². The zero-order chi connectivity index (χ0) is 11.2. The molecule has 84 valence electrons. The molecule has 1 saturated heterocycles. The molecule has 3 rings (SSSR count). The van der Waals surface area contributed by atoms with Gasteiger partial charge in [0.1, 0.15) is 11.4 Å². The maximum atomic E-state index is 6.09. The summed E-state index contributed by atoms with van der Waals surface area (Å²) >= 11 is 0. The molecular weight excluding hydrogens is 200 g/mol. The minimum Gasteiger partial charge on any atom is -0.484 e. The van der Waals surface area contributed by atoms with Gasteiger partial charge in [-0.3, -0.25) is 0 Å². The zero-order valence-corrected chi connectivity index (χ0v) is 9.66. The lowest BCUT2D eigenvalue weighted by Crippen LogP contribution is -2.61. The van der Waals surface area contributed by atoms with Crippen LogP contribution in [0.4, 0.5) is 0 Å². The summed E-state index contributed by atoms with van der Waals surface area (Å²) < 4.78 is 8.20. The fourth-order valence-electron chi connectivity index (χ4n) is 2.18. The lowest BCUT2D eigenvalue weighted by Gasteiger charge is -2.39. The summed E-state index contributed by atoms with van der Waals surface area (Å²) in [4.78, 5) is 0. The second-order valence-corrected chi connectivity index (χ2v) is 4.77. The van der Waals surface area contributed by atoms with Crippen LogP contribution in [0.15, 0.2) is 30.5 Å². The highest BCUT2D eigenvalue weighted by Gasteiger charge is 2.34. The van der Waals surface area contributed by atoms with E-state index in [0.29, 0.717) is 0 Å². The van der Waals surface area contributed by atoms with Gasteiger partial charge in [-0.05, 0) is 25.1 Å². The molecule has 2 heterocycles. The Hall–Kier alpha value is -1.48. The van der Waals surface area contributed by atoms with Crippen molar-refractivity contribution in [2.75, 3.05) is 13.1 Å². The second kappa shape index (κ2) is 3.25. The predicted molar refractivity (Wildman–Crippen MR) is 64.8 cm³/mol. The zero-order valence-electron chi connectivity index (χ0n) is 9.66. The Balaban J connectivity index is 2.03. The lowest BCUT2D eigenvalue weighted by molar-refractivity contribution is 0.0364. The van der Waals surface area contributed by atoms with Crippen molar-refractivity contribution in [2.45, 2.75) is 12.5 Å². The van der Waals surface area contributed by atoms with Crippen molar-refractivity contribution in [2.24, 2.45) is 7.05 Å². The van der Waals surface area contributed by atoms with Gasteiger partial charge in [-0.1, -0.05) is 6.07 Å². The molecule has 0 amide bonds. The van der Waals surface area contributed by atoms with Crippen molar-refractivity contribution in [3.8, 4) is 5.75 Å². The Morgan fingerprint density at radius 3 is 2.81 bits per heavy atom. The largest absolute Gasteiger partial charge is 0.484 e. The molecule has 0 saturated carbocycles. The SMILES string of the molecule is Cn1ccc2c(OC3(C)CNC3)cccc21. The van der Waals surface area contributed by atoms with E-state index < -0.39 is 0 Å². The molecule has 0 bridgehead atoms. The molecule has 1 aliphatic rings. The first-order valence-corrected chi connectivity index (χ1v) is 5.62. The number of hydrogen-bond acceptors (Lipinski definition) is 2. The average molecular weight is 216 g/mol. The number of aromatic nitrogens is 1. The number of rotatable bonds is 2. The number of fused-ring (bicyclic) bond motifs is 1. The van der Waals surface area contributed by atoms with E-state index in [-0.39, 0.29) is 5.60 Å². The third kappa shape index (κ3) is 1.39. The lowest BCUT2D eigenvalue weighted by atomic mass is 10.00. The summed E-state index contributed by atoms with van der Waals surface area (Å²) in [6.07, 6.45) is 2.07. The minimum absolute atomic E-state index is 0.0376. The predicted octanol–water partition coefficient (Wildman–Crippen LogP) is 1.92. The summed E-state index contributed by atoms with van der Waals surface area (Å²) in [7, 11) is 2.05. The van der Waals surface area contributed by atoms with Crippen LogP contribution in [-0.4, -0.2) is 23.3 Å². The molecule has 2 aromatic rings. The van der Waals surface area contributed by atoms with Gasteiger partial charge in [0, 0.05) is 31.7 Å². The molecule has 3 nitrogen and oxygen atoms in total. The number of benzene rings is 1. The first-order chi connectivity index (χ1) is 7.68. The van der Waals surface area contributed by atoms with Gasteiger partial charge in [-0.15, -0.1) is 0 Å². The summed E-state index contributed by atoms with van der Waals surface area (Å²) in [5, 5.41) is 4.44. The van der Waals surface area contributed by atoms with E-state index in [4.69, 9.17) is 4.74 Å². The summed E-state index contributed by atoms with van der Waals surface area (Å²) in [5.41, 5.74) is 1.18. The standard InChI is InChI=1S/C13H16N2O/c1-13(8-14-9-13)16-12-5-3-4-11-10(12)6-7-15(11)2/h3-7,14H,8-9H2,1-2H3. The Labute approximate surface area is 95.0 Å². The maximum Gasteiger partial charge on any atom is 0.131 e. The highest BCUT2D eigenvalue weighted by atomic mass is 16.5. The molecule has 16 heavy (non-hydrogen) atoms. The minimum atomic E-state index is -0.0376. The van der Waals surface area contributed by atoms with Crippen LogP contribution in [0.2, 0.25) is 0 Å². The van der Waals surface area contributed by atoms with Crippen LogP contribution < -0.4 is 10.1 Å². The van der Waals surface area contributed by atoms with Gasteiger partial charge < -0.3 is 14.6 Å². The quantitative estimate of drug-likeness (QED) is 0.830. The van der Waals surface area contributed by atoms with Crippen LogP contribution in [0.1, 0.15) is 6.92 Å². The smallest absolute Gasteiger partial charge is 0.131 e. The van der Waals surface area contributed by atoms with Crippen LogP contribution in [0.25, 0.3) is 10.9 Å². The molecule has 0 aliphatic carbocycles. The molecule has 0 unspecified atom stereocenters. The molecule has 0 spiro atoms. The molecule has 1 aromatic carbocycles. The number of nitrogens with zero attached hydrogens (tertiary/aromatic N) is 1. The van der Waals surface area contributed by atoms with Crippen LogP contribution in [0.5, 0.6) is 5.75 Å². The third-order valence-electron chi connectivity index (χ3n) is 3.24. The molecular formula is C13H16N2O. The van der Waals surface area contributed by atoms with Gasteiger partial charge in [-0.2, -0.15) is 0 Å². The van der Waals surface area contributed by atoms with Crippen LogP contribution in [-0.2, 0) is 7.05 Å². The molecule has 0 atom stereocenters.